The van der Waals surface area contributed by atoms with Crippen LogP contribution in [0.1, 0.15) is 55.6 Å². The first-order valence-corrected chi connectivity index (χ1v) is 7.43. The smallest absolute Gasteiger partial charge is 0.0540 e. The molecular weight excluding hydrogens is 246 g/mol. The van der Waals surface area contributed by atoms with Gasteiger partial charge in [0.05, 0.1) is 6.20 Å². The van der Waals surface area contributed by atoms with Crippen LogP contribution in [0, 0.1) is 6.92 Å². The molecule has 0 bridgehead atoms. The van der Waals surface area contributed by atoms with Crippen LogP contribution >= 0.6 is 0 Å². The fourth-order valence-electron chi connectivity index (χ4n) is 2.65. The fourth-order valence-corrected chi connectivity index (χ4v) is 2.65. The van der Waals surface area contributed by atoms with E-state index >= 15 is 0 Å². The molecule has 1 N–H and O–H groups in total. The van der Waals surface area contributed by atoms with Gasteiger partial charge in [-0.05, 0) is 25.8 Å². The Hall–Kier alpha value is -1.61. The minimum absolute atomic E-state index is 0.306. The molecule has 3 nitrogen and oxygen atoms in total. The summed E-state index contributed by atoms with van der Waals surface area (Å²) < 4.78 is 1.94. The van der Waals surface area contributed by atoms with Crippen LogP contribution in [0.25, 0.3) is 0 Å². The number of aromatic nitrogens is 2. The molecule has 108 valence electrons. The molecule has 0 aliphatic heterocycles. The molecule has 3 heteroatoms. The van der Waals surface area contributed by atoms with Crippen LogP contribution in [0.2, 0.25) is 0 Å². The van der Waals surface area contributed by atoms with Crippen molar-refractivity contribution in [3.05, 3.63) is 53.3 Å². The van der Waals surface area contributed by atoms with Crippen molar-refractivity contribution in [2.75, 3.05) is 0 Å². The number of nitrogens with zero attached hydrogens (tertiary/aromatic N) is 2. The van der Waals surface area contributed by atoms with Crippen LogP contribution in [0.3, 0.4) is 0 Å². The predicted molar refractivity (Wildman–Crippen MR) is 83.6 cm³/mol. The Kier molecular flexibility index (Phi) is 4.96. The number of aryl methyl sites for hydroxylation is 1. The topological polar surface area (TPSA) is 29.9 Å². The van der Waals surface area contributed by atoms with Gasteiger partial charge in [-0.25, -0.2) is 0 Å². The number of nitrogens with one attached hydrogen (secondary N) is 1. The van der Waals surface area contributed by atoms with Gasteiger partial charge in [0, 0.05) is 30.4 Å². The molecule has 0 saturated heterocycles. The Labute approximate surface area is 122 Å². The van der Waals surface area contributed by atoms with E-state index in [4.69, 9.17) is 0 Å². The van der Waals surface area contributed by atoms with Crippen LogP contribution in [-0.4, -0.2) is 9.78 Å². The molecule has 1 aromatic heterocycles. The van der Waals surface area contributed by atoms with E-state index in [0.29, 0.717) is 12.1 Å². The third kappa shape index (κ3) is 3.28. The van der Waals surface area contributed by atoms with Crippen molar-refractivity contribution in [2.24, 2.45) is 7.05 Å². The molecule has 0 radical (unpaired) electrons. The lowest BCUT2D eigenvalue weighted by molar-refractivity contribution is 0.438. The predicted octanol–water partition coefficient (Wildman–Crippen LogP) is 3.92. The van der Waals surface area contributed by atoms with Crippen molar-refractivity contribution in [3.63, 3.8) is 0 Å². The Morgan fingerprint density at radius 2 is 1.95 bits per heavy atom. The van der Waals surface area contributed by atoms with Crippen molar-refractivity contribution < 1.29 is 0 Å². The largest absolute Gasteiger partial charge is 0.303 e. The molecule has 1 aromatic carbocycles. The first-order chi connectivity index (χ1) is 9.63. The minimum Gasteiger partial charge on any atom is -0.303 e. The molecule has 2 aromatic rings. The highest BCUT2D eigenvalue weighted by Crippen LogP contribution is 2.24. The summed E-state index contributed by atoms with van der Waals surface area (Å²) >= 11 is 0. The van der Waals surface area contributed by atoms with Crippen LogP contribution in [0.15, 0.2) is 36.5 Å². The highest BCUT2D eigenvalue weighted by atomic mass is 15.3. The summed E-state index contributed by atoms with van der Waals surface area (Å²) in [6, 6.07) is 11.4. The van der Waals surface area contributed by atoms with Gasteiger partial charge < -0.3 is 5.32 Å². The van der Waals surface area contributed by atoms with Gasteiger partial charge in [0.2, 0.25) is 0 Å². The van der Waals surface area contributed by atoms with Crippen LogP contribution in [0.4, 0.5) is 0 Å². The van der Waals surface area contributed by atoms with E-state index in [1.165, 1.54) is 23.2 Å². The van der Waals surface area contributed by atoms with Gasteiger partial charge in [0.1, 0.15) is 0 Å². The minimum atomic E-state index is 0.306. The first kappa shape index (κ1) is 14.8. The lowest BCUT2D eigenvalue weighted by atomic mass is 10.00. The van der Waals surface area contributed by atoms with E-state index < -0.39 is 0 Å². The van der Waals surface area contributed by atoms with Gasteiger partial charge in [-0.1, -0.05) is 43.7 Å². The summed E-state index contributed by atoms with van der Waals surface area (Å²) in [6.07, 6.45) is 4.29. The van der Waals surface area contributed by atoms with E-state index in [2.05, 4.69) is 61.5 Å². The third-order valence-corrected chi connectivity index (χ3v) is 3.97. The zero-order chi connectivity index (χ0) is 14.5. The number of hydrogen-bond donors (Lipinski definition) is 1. The third-order valence-electron chi connectivity index (χ3n) is 3.97. The maximum absolute atomic E-state index is 4.34. The van der Waals surface area contributed by atoms with Gasteiger partial charge in [-0.15, -0.1) is 0 Å². The molecule has 2 unspecified atom stereocenters. The zero-order valence-corrected chi connectivity index (χ0v) is 12.9. The zero-order valence-electron chi connectivity index (χ0n) is 12.9. The first-order valence-electron chi connectivity index (χ1n) is 7.43. The Morgan fingerprint density at radius 1 is 1.25 bits per heavy atom. The summed E-state index contributed by atoms with van der Waals surface area (Å²) in [4.78, 5) is 0. The van der Waals surface area contributed by atoms with Crippen molar-refractivity contribution in [1.29, 1.82) is 0 Å². The molecule has 0 aliphatic rings. The second kappa shape index (κ2) is 6.71. The van der Waals surface area contributed by atoms with Crippen LogP contribution < -0.4 is 5.32 Å². The van der Waals surface area contributed by atoms with Gasteiger partial charge in [0.25, 0.3) is 0 Å². The molecule has 0 amide bonds. The van der Waals surface area contributed by atoms with Crippen molar-refractivity contribution >= 4 is 0 Å². The van der Waals surface area contributed by atoms with Crippen LogP contribution in [0.5, 0.6) is 0 Å². The highest BCUT2D eigenvalue weighted by Gasteiger charge is 2.17. The summed E-state index contributed by atoms with van der Waals surface area (Å²) in [7, 11) is 1.99. The van der Waals surface area contributed by atoms with Crippen molar-refractivity contribution in [2.45, 2.75) is 45.7 Å². The van der Waals surface area contributed by atoms with E-state index in [-0.39, 0.29) is 0 Å². The maximum Gasteiger partial charge on any atom is 0.0540 e. The number of rotatable bonds is 6. The molecule has 0 aliphatic carbocycles. The Bertz CT molecular complexity index is 530. The summed E-state index contributed by atoms with van der Waals surface area (Å²) in [6.45, 7) is 6.57. The molecule has 2 atom stereocenters. The van der Waals surface area contributed by atoms with Gasteiger partial charge in [-0.3, -0.25) is 4.68 Å². The maximum atomic E-state index is 4.34. The Morgan fingerprint density at radius 3 is 2.50 bits per heavy atom. The number of hydrogen-bond acceptors (Lipinski definition) is 2. The van der Waals surface area contributed by atoms with Gasteiger partial charge in [0.15, 0.2) is 0 Å². The average molecular weight is 271 g/mol. The molecule has 2 rings (SSSR count). The summed E-state index contributed by atoms with van der Waals surface area (Å²) in [5, 5.41) is 8.09. The highest BCUT2D eigenvalue weighted by molar-refractivity contribution is 5.23. The van der Waals surface area contributed by atoms with Gasteiger partial charge >= 0.3 is 0 Å². The van der Waals surface area contributed by atoms with E-state index in [9.17, 15) is 0 Å². The van der Waals surface area contributed by atoms with E-state index in [1.54, 1.807) is 0 Å². The second-order valence-electron chi connectivity index (χ2n) is 5.45. The summed E-state index contributed by atoms with van der Waals surface area (Å²) in [5.74, 6) is 0. The lowest BCUT2D eigenvalue weighted by Gasteiger charge is -2.23. The van der Waals surface area contributed by atoms with Gasteiger partial charge in [-0.2, -0.15) is 5.10 Å². The number of benzene rings is 1. The van der Waals surface area contributed by atoms with Crippen molar-refractivity contribution in [3.8, 4) is 0 Å². The fraction of sp³-hybridized carbons (Fsp3) is 0.471. The normalized spacial score (nSPS) is 14.2. The average Bonchev–Trinajstić information content (AvgIpc) is 2.79. The lowest BCUT2D eigenvalue weighted by Crippen LogP contribution is -2.25. The second-order valence-corrected chi connectivity index (χ2v) is 5.45. The van der Waals surface area contributed by atoms with Crippen molar-refractivity contribution in [1.82, 2.24) is 15.1 Å². The molecular formula is C17H25N3. The quantitative estimate of drug-likeness (QED) is 0.863. The van der Waals surface area contributed by atoms with E-state index in [1.807, 2.05) is 17.9 Å². The van der Waals surface area contributed by atoms with Crippen LogP contribution in [-0.2, 0) is 7.05 Å². The molecule has 20 heavy (non-hydrogen) atoms. The SMILES string of the molecule is CCCC(NC(C)c1cnn(C)c1C)c1ccccc1. The molecule has 1 heterocycles. The standard InChI is InChI=1S/C17H25N3/c1-5-9-17(15-10-7-6-8-11-15)19-13(2)16-12-18-20(4)14(16)3/h6-8,10-13,17,19H,5,9H2,1-4H3. The molecule has 0 fully saturated rings. The molecule has 0 saturated carbocycles. The summed E-state index contributed by atoms with van der Waals surface area (Å²) in [5.41, 5.74) is 3.88. The Balaban J connectivity index is 2.14. The van der Waals surface area contributed by atoms with E-state index in [0.717, 1.165) is 6.42 Å². The monoisotopic (exact) mass is 271 g/mol. The molecule has 0 spiro atoms.